The molecule has 1 aliphatic rings. The number of hydrogen-bond acceptors (Lipinski definition) is 1. The quantitative estimate of drug-likeness (QED) is 0.529. The first-order valence-electron chi connectivity index (χ1n) is 3.60. The number of carbonyl (C=O) groups excluding carboxylic acids is 1. The van der Waals surface area contributed by atoms with Crippen LogP contribution in [0.15, 0.2) is 0 Å². The lowest BCUT2D eigenvalue weighted by atomic mass is 10.2. The average Bonchev–Trinajstić information content (AvgIpc) is 2.40. The Kier molecular flexibility index (Phi) is 2.33. The van der Waals surface area contributed by atoms with Crippen LogP contribution in [-0.4, -0.2) is 11.9 Å². The zero-order valence-corrected chi connectivity index (χ0v) is 5.89. The monoisotopic (exact) mass is 137 g/mol. The topological polar surface area (TPSA) is 29.1 Å². The van der Waals surface area contributed by atoms with E-state index in [2.05, 4.69) is 5.32 Å². The number of terminal acetylenes is 1. The highest BCUT2D eigenvalue weighted by atomic mass is 16.1. The lowest BCUT2D eigenvalue weighted by Gasteiger charge is -2.07. The van der Waals surface area contributed by atoms with Gasteiger partial charge in [0.25, 0.3) is 5.91 Å². The Morgan fingerprint density at radius 1 is 1.50 bits per heavy atom. The Morgan fingerprint density at radius 3 is 2.60 bits per heavy atom. The lowest BCUT2D eigenvalue weighted by Crippen LogP contribution is -2.31. The number of carbonyl (C=O) groups is 1. The third-order valence-electron chi connectivity index (χ3n) is 1.82. The van der Waals surface area contributed by atoms with Crippen molar-refractivity contribution in [2.75, 3.05) is 0 Å². The van der Waals surface area contributed by atoms with Gasteiger partial charge in [0.15, 0.2) is 0 Å². The first kappa shape index (κ1) is 7.14. The Balaban J connectivity index is 2.25. The molecule has 0 unspecified atom stereocenters. The molecule has 0 heterocycles. The van der Waals surface area contributed by atoms with Crippen LogP contribution >= 0.6 is 0 Å². The van der Waals surface area contributed by atoms with Gasteiger partial charge in [-0.2, -0.15) is 0 Å². The molecule has 0 radical (unpaired) electrons. The zero-order valence-electron chi connectivity index (χ0n) is 5.89. The van der Waals surface area contributed by atoms with E-state index >= 15 is 0 Å². The van der Waals surface area contributed by atoms with E-state index in [1.54, 1.807) is 0 Å². The maximum absolute atomic E-state index is 10.6. The average molecular weight is 137 g/mol. The predicted molar refractivity (Wildman–Crippen MR) is 39.2 cm³/mol. The summed E-state index contributed by atoms with van der Waals surface area (Å²) in [6, 6.07) is 0.351. The third kappa shape index (κ3) is 1.77. The third-order valence-corrected chi connectivity index (χ3v) is 1.82. The van der Waals surface area contributed by atoms with Gasteiger partial charge in [0.1, 0.15) is 0 Å². The van der Waals surface area contributed by atoms with Crippen LogP contribution < -0.4 is 5.32 Å². The largest absolute Gasteiger partial charge is 0.343 e. The van der Waals surface area contributed by atoms with Crippen molar-refractivity contribution in [3.63, 3.8) is 0 Å². The van der Waals surface area contributed by atoms with Gasteiger partial charge in [0.2, 0.25) is 0 Å². The van der Waals surface area contributed by atoms with Crippen LogP contribution in [0.4, 0.5) is 0 Å². The molecule has 0 spiro atoms. The van der Waals surface area contributed by atoms with E-state index in [0.29, 0.717) is 6.04 Å². The van der Waals surface area contributed by atoms with Gasteiger partial charge in [0, 0.05) is 6.04 Å². The molecule has 2 nitrogen and oxygen atoms in total. The summed E-state index contributed by atoms with van der Waals surface area (Å²) in [4.78, 5) is 10.6. The maximum atomic E-state index is 10.6. The molecule has 0 aromatic carbocycles. The van der Waals surface area contributed by atoms with Crippen molar-refractivity contribution in [3.8, 4) is 12.3 Å². The number of nitrogens with one attached hydrogen (secondary N) is 1. The van der Waals surface area contributed by atoms with Crippen molar-refractivity contribution in [1.82, 2.24) is 5.32 Å². The molecule has 0 aromatic rings. The summed E-state index contributed by atoms with van der Waals surface area (Å²) in [6.07, 6.45) is 9.51. The fourth-order valence-corrected chi connectivity index (χ4v) is 1.30. The maximum Gasteiger partial charge on any atom is 0.295 e. The Hall–Kier alpha value is -0.970. The van der Waals surface area contributed by atoms with Crippen LogP contribution in [0.5, 0.6) is 0 Å². The second kappa shape index (κ2) is 3.26. The van der Waals surface area contributed by atoms with Gasteiger partial charge in [-0.15, -0.1) is 6.42 Å². The minimum atomic E-state index is -0.271. The Bertz CT molecular complexity index is 163. The second-order valence-corrected chi connectivity index (χ2v) is 2.60. The van der Waals surface area contributed by atoms with Crippen molar-refractivity contribution < 1.29 is 4.79 Å². The SMILES string of the molecule is C#CC(=O)NC1CCCC1. The normalized spacial score (nSPS) is 18.3. The molecule has 1 aliphatic carbocycles. The van der Waals surface area contributed by atoms with E-state index in [1.807, 2.05) is 5.92 Å². The van der Waals surface area contributed by atoms with E-state index in [-0.39, 0.29) is 5.91 Å². The van der Waals surface area contributed by atoms with Crippen LogP contribution in [0.2, 0.25) is 0 Å². The van der Waals surface area contributed by atoms with Crippen LogP contribution in [0.1, 0.15) is 25.7 Å². The molecule has 1 saturated carbocycles. The molecule has 0 saturated heterocycles. The van der Waals surface area contributed by atoms with E-state index in [9.17, 15) is 4.79 Å². The standard InChI is InChI=1S/C8H11NO/c1-2-8(10)9-7-5-3-4-6-7/h1,7H,3-6H2,(H,9,10). The molecular formula is C8H11NO. The highest BCUT2D eigenvalue weighted by Crippen LogP contribution is 2.17. The lowest BCUT2D eigenvalue weighted by molar-refractivity contribution is -0.116. The molecular weight excluding hydrogens is 126 g/mol. The first-order chi connectivity index (χ1) is 4.83. The van der Waals surface area contributed by atoms with Crippen molar-refractivity contribution in [3.05, 3.63) is 0 Å². The smallest absolute Gasteiger partial charge is 0.295 e. The minimum Gasteiger partial charge on any atom is -0.343 e. The second-order valence-electron chi connectivity index (χ2n) is 2.60. The molecule has 0 aliphatic heterocycles. The summed E-state index contributed by atoms with van der Waals surface area (Å²) in [7, 11) is 0. The van der Waals surface area contributed by atoms with Crippen molar-refractivity contribution in [2.45, 2.75) is 31.7 Å². The molecule has 0 bridgehead atoms. The molecule has 1 rings (SSSR count). The van der Waals surface area contributed by atoms with E-state index in [1.165, 1.54) is 12.8 Å². The van der Waals surface area contributed by atoms with E-state index < -0.39 is 0 Å². The molecule has 0 atom stereocenters. The minimum absolute atomic E-state index is 0.271. The van der Waals surface area contributed by atoms with Gasteiger partial charge in [-0.1, -0.05) is 12.8 Å². The molecule has 1 N–H and O–H groups in total. The number of amides is 1. The number of rotatable bonds is 1. The van der Waals surface area contributed by atoms with Crippen LogP contribution in [0.25, 0.3) is 0 Å². The van der Waals surface area contributed by atoms with Gasteiger partial charge in [0.05, 0.1) is 0 Å². The Morgan fingerprint density at radius 2 is 2.10 bits per heavy atom. The van der Waals surface area contributed by atoms with Gasteiger partial charge in [-0.3, -0.25) is 4.79 Å². The van der Waals surface area contributed by atoms with E-state index in [4.69, 9.17) is 6.42 Å². The van der Waals surface area contributed by atoms with Crippen LogP contribution in [0.3, 0.4) is 0 Å². The van der Waals surface area contributed by atoms with Gasteiger partial charge in [-0.05, 0) is 18.8 Å². The highest BCUT2D eigenvalue weighted by molar-refractivity contribution is 5.92. The zero-order chi connectivity index (χ0) is 7.40. The van der Waals surface area contributed by atoms with E-state index in [0.717, 1.165) is 12.8 Å². The predicted octanol–water partition coefficient (Wildman–Crippen LogP) is 0.678. The molecule has 2 heteroatoms. The summed E-state index contributed by atoms with van der Waals surface area (Å²) in [5.41, 5.74) is 0. The summed E-state index contributed by atoms with van der Waals surface area (Å²) < 4.78 is 0. The molecule has 1 amide bonds. The molecule has 0 aromatic heterocycles. The molecule has 54 valence electrons. The van der Waals surface area contributed by atoms with Crippen molar-refractivity contribution in [2.24, 2.45) is 0 Å². The summed E-state index contributed by atoms with van der Waals surface area (Å²) in [6.45, 7) is 0. The summed E-state index contributed by atoms with van der Waals surface area (Å²) in [5, 5.41) is 2.75. The van der Waals surface area contributed by atoms with Crippen LogP contribution in [-0.2, 0) is 4.79 Å². The van der Waals surface area contributed by atoms with Crippen molar-refractivity contribution in [1.29, 1.82) is 0 Å². The van der Waals surface area contributed by atoms with Gasteiger partial charge >= 0.3 is 0 Å². The van der Waals surface area contributed by atoms with Crippen LogP contribution in [0, 0.1) is 12.3 Å². The molecule has 1 fully saturated rings. The molecule has 10 heavy (non-hydrogen) atoms. The van der Waals surface area contributed by atoms with Gasteiger partial charge in [-0.25, -0.2) is 0 Å². The highest BCUT2D eigenvalue weighted by Gasteiger charge is 2.15. The summed E-state index contributed by atoms with van der Waals surface area (Å²) >= 11 is 0. The summed E-state index contributed by atoms with van der Waals surface area (Å²) in [5.74, 6) is 1.77. The fraction of sp³-hybridized carbons (Fsp3) is 0.625. The first-order valence-corrected chi connectivity index (χ1v) is 3.60. The fourth-order valence-electron chi connectivity index (χ4n) is 1.30. The Labute approximate surface area is 61.0 Å². The van der Waals surface area contributed by atoms with Crippen molar-refractivity contribution >= 4 is 5.91 Å². The number of hydrogen-bond donors (Lipinski definition) is 1. The van der Waals surface area contributed by atoms with Gasteiger partial charge < -0.3 is 5.32 Å².